The van der Waals surface area contributed by atoms with E-state index in [9.17, 15) is 8.42 Å². The van der Waals surface area contributed by atoms with Gasteiger partial charge in [0, 0.05) is 43.6 Å². The van der Waals surface area contributed by atoms with E-state index in [-0.39, 0.29) is 0 Å². The van der Waals surface area contributed by atoms with Gasteiger partial charge in [0.25, 0.3) is 10.2 Å². The molecule has 3 heterocycles. The van der Waals surface area contributed by atoms with Crippen molar-refractivity contribution in [2.45, 2.75) is 25.4 Å². The lowest BCUT2D eigenvalue weighted by Crippen LogP contribution is -2.52. The Kier molecular flexibility index (Phi) is 5.48. The summed E-state index contributed by atoms with van der Waals surface area (Å²) >= 11 is 1.75. The van der Waals surface area contributed by atoms with Gasteiger partial charge in [0.05, 0.1) is 13.2 Å². The molecule has 0 unspecified atom stereocenters. The minimum Gasteiger partial charge on any atom is -0.379 e. The van der Waals surface area contributed by atoms with Gasteiger partial charge in [-0.2, -0.15) is 17.0 Å². The highest BCUT2D eigenvalue weighted by Crippen LogP contribution is 2.19. The first-order valence-corrected chi connectivity index (χ1v) is 10.0. The van der Waals surface area contributed by atoms with Crippen LogP contribution in [0.4, 0.5) is 0 Å². The number of thiophene rings is 1. The average molecular weight is 345 g/mol. The molecular weight excluding hydrogens is 322 g/mol. The predicted molar refractivity (Wildman–Crippen MR) is 87.1 cm³/mol. The largest absolute Gasteiger partial charge is 0.379 e. The molecule has 0 radical (unpaired) electrons. The monoisotopic (exact) mass is 345 g/mol. The number of piperidine rings is 1. The third kappa shape index (κ3) is 3.87. The lowest BCUT2D eigenvalue weighted by molar-refractivity contribution is 0.0695. The van der Waals surface area contributed by atoms with Gasteiger partial charge >= 0.3 is 0 Å². The maximum absolute atomic E-state index is 12.6. The Labute approximate surface area is 136 Å². The number of hydrogen-bond donors (Lipinski definition) is 1. The van der Waals surface area contributed by atoms with Gasteiger partial charge in [-0.1, -0.05) is 6.07 Å². The zero-order valence-electron chi connectivity index (χ0n) is 12.6. The second-order valence-electron chi connectivity index (χ2n) is 5.65. The fourth-order valence-corrected chi connectivity index (χ4v) is 5.15. The molecule has 3 rings (SSSR count). The van der Waals surface area contributed by atoms with Crippen LogP contribution in [0.2, 0.25) is 0 Å². The van der Waals surface area contributed by atoms with Gasteiger partial charge in [0.2, 0.25) is 0 Å². The number of nitrogens with zero attached hydrogens (tertiary/aromatic N) is 2. The van der Waals surface area contributed by atoms with Crippen molar-refractivity contribution in [3.63, 3.8) is 0 Å². The summed E-state index contributed by atoms with van der Waals surface area (Å²) in [4.78, 5) is 1.32. The molecule has 22 heavy (non-hydrogen) atoms. The lowest BCUT2D eigenvalue weighted by atomic mass is 10.1. The summed E-state index contributed by atoms with van der Waals surface area (Å²) in [5.41, 5.74) is 0. The van der Waals surface area contributed by atoms with Crippen LogP contribution in [0.5, 0.6) is 0 Å². The molecule has 6 nitrogen and oxygen atoms in total. The number of nitrogens with one attached hydrogen (secondary N) is 1. The maximum Gasteiger partial charge on any atom is 0.282 e. The summed E-state index contributed by atoms with van der Waals surface area (Å²) in [5.74, 6) is 0. The van der Waals surface area contributed by atoms with Gasteiger partial charge in [-0.05, 0) is 24.3 Å². The Morgan fingerprint density at radius 2 is 1.86 bits per heavy atom. The number of morpholine rings is 1. The van der Waals surface area contributed by atoms with Crippen molar-refractivity contribution < 1.29 is 13.2 Å². The van der Waals surface area contributed by atoms with Crippen molar-refractivity contribution in [3.8, 4) is 0 Å². The van der Waals surface area contributed by atoms with E-state index >= 15 is 0 Å². The molecule has 0 spiro atoms. The molecule has 0 saturated carbocycles. The van der Waals surface area contributed by atoms with E-state index in [4.69, 9.17) is 4.74 Å². The molecule has 0 bridgehead atoms. The van der Waals surface area contributed by atoms with E-state index in [1.54, 1.807) is 19.9 Å². The van der Waals surface area contributed by atoms with Gasteiger partial charge in [-0.25, -0.2) is 0 Å². The third-order valence-corrected chi connectivity index (χ3v) is 7.13. The normalized spacial score (nSPS) is 22.9. The lowest BCUT2D eigenvalue weighted by Gasteiger charge is -2.36. The van der Waals surface area contributed by atoms with Gasteiger partial charge < -0.3 is 10.1 Å². The van der Waals surface area contributed by atoms with E-state index < -0.39 is 10.2 Å². The summed E-state index contributed by atoms with van der Waals surface area (Å²) in [6.45, 7) is 4.01. The Bertz CT molecular complexity index is 548. The molecule has 2 aliphatic rings. The second-order valence-corrected chi connectivity index (χ2v) is 8.61. The van der Waals surface area contributed by atoms with Crippen molar-refractivity contribution in [2.75, 3.05) is 39.4 Å². The van der Waals surface area contributed by atoms with Crippen LogP contribution in [-0.2, 0) is 21.5 Å². The Balaban J connectivity index is 1.48. The van der Waals surface area contributed by atoms with Gasteiger partial charge in [0.1, 0.15) is 0 Å². The maximum atomic E-state index is 12.6. The fourth-order valence-electron chi connectivity index (χ4n) is 2.89. The van der Waals surface area contributed by atoms with Gasteiger partial charge in [-0.15, -0.1) is 11.3 Å². The Morgan fingerprint density at radius 3 is 2.50 bits per heavy atom. The molecule has 8 heteroatoms. The van der Waals surface area contributed by atoms with E-state index in [1.165, 1.54) is 4.88 Å². The van der Waals surface area contributed by atoms with Crippen LogP contribution >= 0.6 is 11.3 Å². The van der Waals surface area contributed by atoms with Gasteiger partial charge in [0.15, 0.2) is 0 Å². The standard InChI is InChI=1S/C14H23N3O3S2/c18-22(19,17-7-9-20-10-8-17)16-5-3-13(4-6-16)15-12-14-2-1-11-21-14/h1-2,11,13,15H,3-10,12H2. The molecule has 0 aromatic carbocycles. The Morgan fingerprint density at radius 1 is 1.18 bits per heavy atom. The summed E-state index contributed by atoms with van der Waals surface area (Å²) < 4.78 is 33.6. The molecule has 2 fully saturated rings. The van der Waals surface area contributed by atoms with E-state index in [1.807, 2.05) is 0 Å². The Hall–Kier alpha value is -0.510. The molecule has 0 amide bonds. The molecule has 2 saturated heterocycles. The van der Waals surface area contributed by atoms with Crippen LogP contribution in [0, 0.1) is 0 Å². The van der Waals surface area contributed by atoms with Crippen molar-refractivity contribution in [3.05, 3.63) is 22.4 Å². The third-order valence-electron chi connectivity index (χ3n) is 4.22. The highest BCUT2D eigenvalue weighted by atomic mass is 32.2. The van der Waals surface area contributed by atoms with Crippen molar-refractivity contribution >= 4 is 21.5 Å². The zero-order chi connectivity index (χ0) is 15.4. The average Bonchev–Trinajstić information content (AvgIpc) is 3.08. The molecule has 0 atom stereocenters. The summed E-state index contributed by atoms with van der Waals surface area (Å²) in [5, 5.41) is 5.61. The molecule has 1 aromatic rings. The zero-order valence-corrected chi connectivity index (χ0v) is 14.2. The van der Waals surface area contributed by atoms with E-state index in [0.717, 1.165) is 19.4 Å². The number of rotatable bonds is 5. The first kappa shape index (κ1) is 16.4. The highest BCUT2D eigenvalue weighted by Gasteiger charge is 2.33. The van der Waals surface area contributed by atoms with Gasteiger partial charge in [-0.3, -0.25) is 0 Å². The number of hydrogen-bond acceptors (Lipinski definition) is 5. The predicted octanol–water partition coefficient (Wildman–Crippen LogP) is 0.879. The van der Waals surface area contributed by atoms with Crippen LogP contribution in [0.3, 0.4) is 0 Å². The molecule has 0 aliphatic carbocycles. The molecule has 1 N–H and O–H groups in total. The quantitative estimate of drug-likeness (QED) is 0.861. The van der Waals surface area contributed by atoms with Crippen LogP contribution in [0.1, 0.15) is 17.7 Å². The first-order chi connectivity index (χ1) is 10.7. The second kappa shape index (κ2) is 7.37. The summed E-state index contributed by atoms with van der Waals surface area (Å²) in [7, 11) is -3.31. The van der Waals surface area contributed by atoms with Crippen molar-refractivity contribution in [1.82, 2.24) is 13.9 Å². The van der Waals surface area contributed by atoms with E-state index in [2.05, 4.69) is 22.8 Å². The first-order valence-electron chi connectivity index (χ1n) is 7.75. The summed E-state index contributed by atoms with van der Waals surface area (Å²) in [6.07, 6.45) is 1.74. The van der Waals surface area contributed by atoms with Crippen molar-refractivity contribution in [2.24, 2.45) is 0 Å². The van der Waals surface area contributed by atoms with Crippen LogP contribution in [-0.4, -0.2) is 62.5 Å². The van der Waals surface area contributed by atoms with Crippen LogP contribution in [0.25, 0.3) is 0 Å². The van der Waals surface area contributed by atoms with Crippen LogP contribution in [0.15, 0.2) is 17.5 Å². The number of ether oxygens (including phenoxy) is 1. The minimum atomic E-state index is -3.31. The smallest absolute Gasteiger partial charge is 0.282 e. The van der Waals surface area contributed by atoms with E-state index in [0.29, 0.717) is 45.4 Å². The summed E-state index contributed by atoms with van der Waals surface area (Å²) in [6, 6.07) is 4.58. The highest BCUT2D eigenvalue weighted by molar-refractivity contribution is 7.86. The van der Waals surface area contributed by atoms with Crippen molar-refractivity contribution in [1.29, 1.82) is 0 Å². The molecule has 1 aromatic heterocycles. The topological polar surface area (TPSA) is 61.9 Å². The minimum absolute atomic E-state index is 0.401. The molecule has 124 valence electrons. The van der Waals surface area contributed by atoms with Crippen LogP contribution < -0.4 is 5.32 Å². The molecular formula is C14H23N3O3S2. The molecule has 2 aliphatic heterocycles. The fraction of sp³-hybridized carbons (Fsp3) is 0.714. The SMILES string of the molecule is O=S(=O)(N1CCOCC1)N1CCC(NCc2cccs2)CC1.